The molecule has 1 aliphatic rings. The molecule has 0 atom stereocenters. The highest BCUT2D eigenvalue weighted by Crippen LogP contribution is 2.47. The first-order valence-corrected chi connectivity index (χ1v) is 10.0. The molecule has 0 amide bonds. The Labute approximate surface area is 153 Å². The maximum Gasteiger partial charge on any atom is 0.269 e. The molecule has 0 bridgehead atoms. The van der Waals surface area contributed by atoms with Crippen LogP contribution in [0.15, 0.2) is 60.1 Å². The summed E-state index contributed by atoms with van der Waals surface area (Å²) >= 11 is 0. The van der Waals surface area contributed by atoms with E-state index in [0.29, 0.717) is 12.5 Å². The van der Waals surface area contributed by atoms with Crippen LogP contribution in [0.25, 0.3) is 11.3 Å². The van der Waals surface area contributed by atoms with Crippen molar-refractivity contribution in [2.24, 2.45) is 0 Å². The normalized spacial score (nSPS) is 14.5. The molecule has 6 nitrogen and oxygen atoms in total. The van der Waals surface area contributed by atoms with Crippen LogP contribution in [0, 0.1) is 0 Å². The Bertz CT molecular complexity index is 1010. The lowest BCUT2D eigenvalue weighted by atomic mass is 10.0. The minimum atomic E-state index is -3.74. The molecule has 0 spiro atoms. The smallest absolute Gasteiger partial charge is 0.269 e. The lowest BCUT2D eigenvalue weighted by Crippen LogP contribution is -2.14. The molecule has 4 rings (SSSR count). The molecule has 1 saturated carbocycles. The number of aromatic nitrogens is 3. The van der Waals surface area contributed by atoms with Crippen molar-refractivity contribution in [3.63, 3.8) is 0 Å². The van der Waals surface area contributed by atoms with Crippen LogP contribution >= 0.6 is 0 Å². The van der Waals surface area contributed by atoms with Gasteiger partial charge in [-0.15, -0.1) is 0 Å². The Kier molecular flexibility index (Phi) is 4.34. The van der Waals surface area contributed by atoms with E-state index in [1.54, 1.807) is 36.9 Å². The summed E-state index contributed by atoms with van der Waals surface area (Å²) in [4.78, 5) is 8.23. The van der Waals surface area contributed by atoms with Crippen molar-refractivity contribution in [1.82, 2.24) is 19.3 Å². The minimum Gasteiger partial charge on any atom is -0.316 e. The number of nitrogens with zero attached hydrogens (tertiary/aromatic N) is 3. The van der Waals surface area contributed by atoms with Crippen LogP contribution in [-0.4, -0.2) is 29.4 Å². The third-order valence-electron chi connectivity index (χ3n) is 4.59. The second kappa shape index (κ2) is 6.66. The number of hydrogen-bond acceptors (Lipinski definition) is 5. The van der Waals surface area contributed by atoms with Crippen LogP contribution in [0.2, 0.25) is 0 Å². The van der Waals surface area contributed by atoms with Gasteiger partial charge in [-0.2, -0.15) is 0 Å². The first kappa shape index (κ1) is 16.9. The zero-order chi connectivity index (χ0) is 18.1. The van der Waals surface area contributed by atoms with E-state index in [1.165, 1.54) is 10.2 Å². The van der Waals surface area contributed by atoms with E-state index >= 15 is 0 Å². The topological polar surface area (TPSA) is 76.9 Å². The Hall–Kier alpha value is -2.51. The Morgan fingerprint density at radius 1 is 1.15 bits per heavy atom. The predicted molar refractivity (Wildman–Crippen MR) is 99.2 cm³/mol. The summed E-state index contributed by atoms with van der Waals surface area (Å²) in [7, 11) is -1.87. The summed E-state index contributed by atoms with van der Waals surface area (Å²) in [5, 5.41) is 3.16. The summed E-state index contributed by atoms with van der Waals surface area (Å²) < 4.78 is 28.1. The van der Waals surface area contributed by atoms with E-state index in [1.807, 2.05) is 19.2 Å². The van der Waals surface area contributed by atoms with Crippen LogP contribution in [0.3, 0.4) is 0 Å². The van der Waals surface area contributed by atoms with Gasteiger partial charge in [0, 0.05) is 43.1 Å². The highest BCUT2D eigenvalue weighted by molar-refractivity contribution is 7.90. The molecule has 1 aliphatic carbocycles. The fraction of sp³-hybridized carbons (Fsp3) is 0.263. The van der Waals surface area contributed by atoms with Gasteiger partial charge < -0.3 is 5.32 Å². The molecule has 0 unspecified atom stereocenters. The fourth-order valence-electron chi connectivity index (χ4n) is 3.30. The highest BCUT2D eigenvalue weighted by atomic mass is 32.2. The molecular formula is C19H20N4O2S. The maximum atomic E-state index is 13.3. The van der Waals surface area contributed by atoms with Crippen molar-refractivity contribution in [2.45, 2.75) is 30.2 Å². The van der Waals surface area contributed by atoms with E-state index in [2.05, 4.69) is 15.3 Å². The summed E-state index contributed by atoms with van der Waals surface area (Å²) in [6.07, 6.45) is 10.3. The van der Waals surface area contributed by atoms with E-state index in [-0.39, 0.29) is 4.90 Å². The Morgan fingerprint density at radius 2 is 1.92 bits per heavy atom. The van der Waals surface area contributed by atoms with Crippen molar-refractivity contribution in [3.8, 4) is 11.3 Å². The van der Waals surface area contributed by atoms with Crippen LogP contribution < -0.4 is 5.32 Å². The van der Waals surface area contributed by atoms with Crippen molar-refractivity contribution in [1.29, 1.82) is 0 Å². The van der Waals surface area contributed by atoms with Gasteiger partial charge in [-0.25, -0.2) is 12.4 Å². The zero-order valence-corrected chi connectivity index (χ0v) is 15.3. The van der Waals surface area contributed by atoms with Gasteiger partial charge in [-0.1, -0.05) is 0 Å². The molecule has 0 aliphatic heterocycles. The average Bonchev–Trinajstić information content (AvgIpc) is 3.44. The standard InChI is InChI=1S/C19H20N4O2S/c1-20-11-16-13-23(26(24,25)17-3-2-8-22-12-17)19(18(16)14-4-5-14)15-6-9-21-10-7-15/h2-3,6-10,12-14,20H,4-5,11H2,1H3. The van der Waals surface area contributed by atoms with Crippen LogP contribution in [0.1, 0.15) is 29.9 Å². The van der Waals surface area contributed by atoms with E-state index in [9.17, 15) is 8.42 Å². The first-order valence-electron chi connectivity index (χ1n) is 8.57. The van der Waals surface area contributed by atoms with Gasteiger partial charge in [-0.05, 0) is 61.2 Å². The number of rotatable bonds is 6. The van der Waals surface area contributed by atoms with E-state index in [0.717, 1.165) is 35.2 Å². The fourth-order valence-corrected chi connectivity index (χ4v) is 4.68. The van der Waals surface area contributed by atoms with Crippen molar-refractivity contribution in [3.05, 3.63) is 66.4 Å². The third-order valence-corrected chi connectivity index (χ3v) is 6.24. The van der Waals surface area contributed by atoms with Gasteiger partial charge in [0.2, 0.25) is 0 Å². The summed E-state index contributed by atoms with van der Waals surface area (Å²) in [5.74, 6) is 0.409. The quantitative estimate of drug-likeness (QED) is 0.724. The molecule has 0 saturated heterocycles. The summed E-state index contributed by atoms with van der Waals surface area (Å²) in [6.45, 7) is 0.624. The zero-order valence-electron chi connectivity index (χ0n) is 14.5. The van der Waals surface area contributed by atoms with Gasteiger partial charge in [0.15, 0.2) is 0 Å². The number of nitrogens with one attached hydrogen (secondary N) is 1. The molecule has 0 radical (unpaired) electrons. The van der Waals surface area contributed by atoms with Crippen molar-refractivity contribution >= 4 is 10.0 Å². The molecular weight excluding hydrogens is 348 g/mol. The molecule has 3 aromatic rings. The monoisotopic (exact) mass is 368 g/mol. The molecule has 3 heterocycles. The molecule has 1 N–H and O–H groups in total. The van der Waals surface area contributed by atoms with E-state index < -0.39 is 10.0 Å². The van der Waals surface area contributed by atoms with Gasteiger partial charge >= 0.3 is 0 Å². The Balaban J connectivity index is 1.99. The van der Waals surface area contributed by atoms with Crippen LogP contribution in [-0.2, 0) is 16.6 Å². The van der Waals surface area contributed by atoms with Crippen molar-refractivity contribution < 1.29 is 8.42 Å². The molecule has 0 aromatic carbocycles. The maximum absolute atomic E-state index is 13.3. The number of hydrogen-bond donors (Lipinski definition) is 1. The summed E-state index contributed by atoms with van der Waals surface area (Å²) in [5.41, 5.74) is 3.74. The predicted octanol–water partition coefficient (Wildman–Crippen LogP) is 2.78. The van der Waals surface area contributed by atoms with E-state index in [4.69, 9.17) is 0 Å². The van der Waals surface area contributed by atoms with Gasteiger partial charge in [0.05, 0.1) is 5.69 Å². The van der Waals surface area contributed by atoms with Crippen LogP contribution in [0.4, 0.5) is 0 Å². The van der Waals surface area contributed by atoms with Gasteiger partial charge in [-0.3, -0.25) is 9.97 Å². The second-order valence-electron chi connectivity index (χ2n) is 6.45. The molecule has 7 heteroatoms. The number of pyridine rings is 2. The largest absolute Gasteiger partial charge is 0.316 e. The lowest BCUT2D eigenvalue weighted by Gasteiger charge is -2.12. The average molecular weight is 368 g/mol. The molecule has 3 aromatic heterocycles. The lowest BCUT2D eigenvalue weighted by molar-refractivity contribution is 0.587. The highest BCUT2D eigenvalue weighted by Gasteiger charge is 2.34. The molecule has 134 valence electrons. The van der Waals surface area contributed by atoms with Gasteiger partial charge in [0.1, 0.15) is 4.90 Å². The minimum absolute atomic E-state index is 0.184. The molecule has 1 fully saturated rings. The summed E-state index contributed by atoms with van der Waals surface area (Å²) in [6, 6.07) is 6.94. The third kappa shape index (κ3) is 2.93. The molecule has 26 heavy (non-hydrogen) atoms. The van der Waals surface area contributed by atoms with Crippen molar-refractivity contribution in [2.75, 3.05) is 7.05 Å². The Morgan fingerprint density at radius 3 is 2.54 bits per heavy atom. The first-order chi connectivity index (χ1) is 12.6. The van der Waals surface area contributed by atoms with Gasteiger partial charge in [0.25, 0.3) is 10.0 Å². The van der Waals surface area contributed by atoms with Crippen LogP contribution in [0.5, 0.6) is 0 Å². The second-order valence-corrected chi connectivity index (χ2v) is 8.26. The SMILES string of the molecule is CNCc1cn(S(=O)(=O)c2cccnc2)c(-c2ccncc2)c1C1CC1.